The van der Waals surface area contributed by atoms with Gasteiger partial charge in [0.15, 0.2) is 0 Å². The van der Waals surface area contributed by atoms with E-state index >= 15 is 0 Å². The summed E-state index contributed by atoms with van der Waals surface area (Å²) in [5.41, 5.74) is 1.02. The normalized spacial score (nSPS) is 12.0. The molecule has 0 saturated carbocycles. The smallest absolute Gasteiger partial charge is 0.0700 e. The highest BCUT2D eigenvalue weighted by Gasteiger charge is 2.09. The SMILES string of the molecule is CC(C)(C)CCO.CC(C)(C)CCOCCO.CCCOCCOCCC(C)(C)C. The molecule has 0 bridgehead atoms. The van der Waals surface area contributed by atoms with E-state index in [1.807, 2.05) is 0 Å². The Kier molecular flexibility index (Phi) is 23.7. The van der Waals surface area contributed by atoms with Crippen LogP contribution in [0.3, 0.4) is 0 Å². The van der Waals surface area contributed by atoms with Crippen LogP contribution in [0.1, 0.15) is 94.9 Å². The van der Waals surface area contributed by atoms with Crippen molar-refractivity contribution in [1.29, 1.82) is 0 Å². The number of hydrogen-bond acceptors (Lipinski definition) is 5. The Hall–Kier alpha value is -0.200. The minimum absolute atomic E-state index is 0.129. The lowest BCUT2D eigenvalue weighted by atomic mass is 9.93. The molecule has 0 aromatic heterocycles. The molecule has 0 atom stereocenters. The Morgan fingerprint density at radius 3 is 1.10 bits per heavy atom. The Bertz CT molecular complexity index is 324. The molecule has 0 rings (SSSR count). The van der Waals surface area contributed by atoms with Crippen LogP contribution in [0.4, 0.5) is 0 Å². The predicted molar refractivity (Wildman–Crippen MR) is 129 cm³/mol. The van der Waals surface area contributed by atoms with Crippen LogP contribution in [0, 0.1) is 16.2 Å². The van der Waals surface area contributed by atoms with Gasteiger partial charge in [-0.25, -0.2) is 0 Å². The van der Waals surface area contributed by atoms with Gasteiger partial charge in [0, 0.05) is 26.4 Å². The van der Waals surface area contributed by atoms with E-state index in [4.69, 9.17) is 24.4 Å². The molecule has 5 heteroatoms. The fourth-order valence-corrected chi connectivity index (χ4v) is 1.73. The van der Waals surface area contributed by atoms with Crippen LogP contribution in [0.15, 0.2) is 0 Å². The van der Waals surface area contributed by atoms with Crippen molar-refractivity contribution >= 4 is 0 Å². The van der Waals surface area contributed by atoms with Gasteiger partial charge < -0.3 is 24.4 Å². The fourth-order valence-electron chi connectivity index (χ4n) is 1.73. The zero-order valence-corrected chi connectivity index (χ0v) is 22.1. The first-order chi connectivity index (χ1) is 13.7. The Labute approximate surface area is 188 Å². The van der Waals surface area contributed by atoms with Crippen molar-refractivity contribution in [3.8, 4) is 0 Å². The molecule has 30 heavy (non-hydrogen) atoms. The fraction of sp³-hybridized carbons (Fsp3) is 1.00. The molecule has 0 amide bonds. The molecule has 0 saturated heterocycles. The molecular weight excluding hydrogens is 380 g/mol. The zero-order valence-electron chi connectivity index (χ0n) is 22.1. The molecule has 5 nitrogen and oxygen atoms in total. The second-order valence-electron chi connectivity index (χ2n) is 11.2. The summed E-state index contributed by atoms with van der Waals surface area (Å²) >= 11 is 0. The molecule has 0 fully saturated rings. The van der Waals surface area contributed by atoms with Gasteiger partial charge in [-0.2, -0.15) is 0 Å². The summed E-state index contributed by atoms with van der Waals surface area (Å²) in [6.07, 6.45) is 4.14. The first-order valence-electron chi connectivity index (χ1n) is 11.6. The largest absolute Gasteiger partial charge is 0.396 e. The van der Waals surface area contributed by atoms with E-state index in [1.54, 1.807) is 0 Å². The summed E-state index contributed by atoms with van der Waals surface area (Å²) in [6.45, 7) is 26.5. The summed E-state index contributed by atoms with van der Waals surface area (Å²) in [5, 5.41) is 16.8. The third-order valence-corrected chi connectivity index (χ3v) is 3.81. The summed E-state index contributed by atoms with van der Waals surface area (Å²) in [4.78, 5) is 0. The van der Waals surface area contributed by atoms with Crippen molar-refractivity contribution < 1.29 is 24.4 Å². The van der Waals surface area contributed by atoms with Crippen molar-refractivity contribution in [3.05, 3.63) is 0 Å². The van der Waals surface area contributed by atoms with E-state index in [1.165, 1.54) is 0 Å². The van der Waals surface area contributed by atoms with Crippen LogP contribution >= 0.6 is 0 Å². The Morgan fingerprint density at radius 2 is 0.833 bits per heavy atom. The second-order valence-corrected chi connectivity index (χ2v) is 11.2. The maximum Gasteiger partial charge on any atom is 0.0700 e. The first kappa shape index (κ1) is 34.4. The molecule has 0 aliphatic rings. The summed E-state index contributed by atoms with van der Waals surface area (Å²) < 4.78 is 15.8. The third-order valence-electron chi connectivity index (χ3n) is 3.81. The molecule has 0 aliphatic carbocycles. The lowest BCUT2D eigenvalue weighted by molar-refractivity contribution is 0.0390. The average molecular weight is 437 g/mol. The van der Waals surface area contributed by atoms with Crippen LogP contribution in [-0.4, -0.2) is 63.1 Å². The van der Waals surface area contributed by atoms with Crippen LogP contribution in [-0.2, 0) is 14.2 Å². The molecule has 2 N–H and O–H groups in total. The van der Waals surface area contributed by atoms with E-state index in [2.05, 4.69) is 69.2 Å². The van der Waals surface area contributed by atoms with Gasteiger partial charge in [-0.1, -0.05) is 69.2 Å². The van der Waals surface area contributed by atoms with E-state index < -0.39 is 0 Å². The summed E-state index contributed by atoms with van der Waals surface area (Å²) in [6, 6.07) is 0. The molecule has 0 aliphatic heterocycles. The van der Waals surface area contributed by atoms with Crippen LogP contribution in [0.25, 0.3) is 0 Å². The van der Waals surface area contributed by atoms with Gasteiger partial charge in [0.2, 0.25) is 0 Å². The van der Waals surface area contributed by atoms with Crippen molar-refractivity contribution in [3.63, 3.8) is 0 Å². The molecule has 0 aromatic carbocycles. The van der Waals surface area contributed by atoms with Crippen molar-refractivity contribution in [2.24, 2.45) is 16.2 Å². The van der Waals surface area contributed by atoms with Gasteiger partial charge in [-0.3, -0.25) is 0 Å². The maximum atomic E-state index is 8.40. The minimum Gasteiger partial charge on any atom is -0.396 e. The van der Waals surface area contributed by atoms with Crippen molar-refractivity contribution in [1.82, 2.24) is 0 Å². The summed E-state index contributed by atoms with van der Waals surface area (Å²) in [7, 11) is 0. The number of rotatable bonds is 12. The quantitative estimate of drug-likeness (QED) is 0.383. The van der Waals surface area contributed by atoms with Crippen LogP contribution in [0.5, 0.6) is 0 Å². The van der Waals surface area contributed by atoms with E-state index in [9.17, 15) is 0 Å². The monoisotopic (exact) mass is 436 g/mol. The highest BCUT2D eigenvalue weighted by Crippen LogP contribution is 2.18. The number of aliphatic hydroxyl groups is 2. The van der Waals surface area contributed by atoms with Gasteiger partial charge in [-0.15, -0.1) is 0 Å². The van der Waals surface area contributed by atoms with E-state index in [-0.39, 0.29) is 6.61 Å². The maximum absolute atomic E-state index is 8.40. The van der Waals surface area contributed by atoms with Gasteiger partial charge in [0.1, 0.15) is 0 Å². The highest BCUT2D eigenvalue weighted by atomic mass is 16.5. The molecule has 0 spiro atoms. The zero-order chi connectivity index (χ0) is 24.1. The number of aliphatic hydroxyl groups excluding tert-OH is 2. The standard InChI is InChI=1S/C11H24O2.C8H18O2.C6H14O/c1-5-7-12-9-10-13-8-6-11(2,3)4;1-8(2,3)4-6-10-7-5-9;1-6(2,3)4-5-7/h5-10H2,1-4H3;9H,4-7H2,1-3H3;7H,4-5H2,1-3H3. The lowest BCUT2D eigenvalue weighted by Gasteiger charge is -2.17. The highest BCUT2D eigenvalue weighted by molar-refractivity contribution is 4.60. The molecule has 0 aromatic rings. The average Bonchev–Trinajstić information content (AvgIpc) is 2.56. The number of hydrogen-bond donors (Lipinski definition) is 2. The van der Waals surface area contributed by atoms with Gasteiger partial charge in [-0.05, 0) is 41.9 Å². The molecular formula is C25H56O5. The summed E-state index contributed by atoms with van der Waals surface area (Å²) in [5.74, 6) is 0. The van der Waals surface area contributed by atoms with Crippen molar-refractivity contribution in [2.75, 3.05) is 52.9 Å². The molecule has 0 heterocycles. The van der Waals surface area contributed by atoms with E-state index in [0.29, 0.717) is 29.5 Å². The third kappa shape index (κ3) is 46.2. The lowest BCUT2D eigenvalue weighted by Crippen LogP contribution is -2.12. The van der Waals surface area contributed by atoms with Gasteiger partial charge in [0.05, 0.1) is 26.4 Å². The number of ether oxygens (including phenoxy) is 3. The molecule has 186 valence electrons. The van der Waals surface area contributed by atoms with Crippen molar-refractivity contribution in [2.45, 2.75) is 94.9 Å². The molecule has 0 radical (unpaired) electrons. The van der Waals surface area contributed by atoms with Crippen LogP contribution in [0.2, 0.25) is 0 Å². The molecule has 0 unspecified atom stereocenters. The Morgan fingerprint density at radius 1 is 0.467 bits per heavy atom. The van der Waals surface area contributed by atoms with E-state index in [0.717, 1.165) is 58.7 Å². The van der Waals surface area contributed by atoms with Crippen LogP contribution < -0.4 is 0 Å². The predicted octanol–water partition coefficient (Wildman–Crippen LogP) is 5.71. The second kappa shape index (κ2) is 20.7. The van der Waals surface area contributed by atoms with Gasteiger partial charge in [0.25, 0.3) is 0 Å². The Balaban J connectivity index is -0.000000383. The van der Waals surface area contributed by atoms with Gasteiger partial charge >= 0.3 is 0 Å². The topological polar surface area (TPSA) is 68.2 Å². The first-order valence-corrected chi connectivity index (χ1v) is 11.6. The minimum atomic E-state index is 0.129.